The third kappa shape index (κ3) is 7.19. The normalized spacial score (nSPS) is 10.3. The van der Waals surface area contributed by atoms with Crippen LogP contribution in [0.25, 0.3) is 0 Å². The third-order valence-corrected chi connectivity index (χ3v) is 2.99. The van der Waals surface area contributed by atoms with Crippen LogP contribution < -0.4 is 16.0 Å². The lowest BCUT2D eigenvalue weighted by Gasteiger charge is -2.09. The van der Waals surface area contributed by atoms with Gasteiger partial charge in [-0.3, -0.25) is 9.59 Å². The highest BCUT2D eigenvalue weighted by Gasteiger charge is 2.07. The summed E-state index contributed by atoms with van der Waals surface area (Å²) in [5, 5.41) is 8.57. The molecule has 0 heterocycles. The first kappa shape index (κ1) is 18.1. The summed E-state index contributed by atoms with van der Waals surface area (Å²) in [7, 11) is 1.61. The Hall–Kier alpha value is -1.92. The molecule has 0 aromatic heterocycles. The number of carbonyl (C=O) groups is 2. The van der Waals surface area contributed by atoms with Crippen molar-refractivity contribution in [3.63, 3.8) is 0 Å². The zero-order chi connectivity index (χ0) is 16.2. The minimum absolute atomic E-state index is 0.122. The van der Waals surface area contributed by atoms with E-state index in [1.54, 1.807) is 31.4 Å². The van der Waals surface area contributed by atoms with E-state index < -0.39 is 0 Å². The second-order valence-corrected chi connectivity index (χ2v) is 4.91. The largest absolute Gasteiger partial charge is 0.383 e. The van der Waals surface area contributed by atoms with Gasteiger partial charge < -0.3 is 20.7 Å². The van der Waals surface area contributed by atoms with Crippen LogP contribution in [0, 0.1) is 0 Å². The van der Waals surface area contributed by atoms with Gasteiger partial charge >= 0.3 is 0 Å². The van der Waals surface area contributed by atoms with E-state index in [4.69, 9.17) is 4.74 Å². The molecular weight excluding hydrogens is 282 g/mol. The molecule has 6 heteroatoms. The first-order chi connectivity index (χ1) is 10.7. The van der Waals surface area contributed by atoms with Crippen molar-refractivity contribution in [2.24, 2.45) is 0 Å². The summed E-state index contributed by atoms with van der Waals surface area (Å²) >= 11 is 0. The first-order valence-electron chi connectivity index (χ1n) is 7.55. The minimum Gasteiger partial charge on any atom is -0.383 e. The number of nitrogens with one attached hydrogen (secondary N) is 3. The summed E-state index contributed by atoms with van der Waals surface area (Å²) in [4.78, 5) is 23.7. The molecule has 0 bridgehead atoms. The molecule has 1 rings (SSSR count). The van der Waals surface area contributed by atoms with Crippen LogP contribution in [0.3, 0.4) is 0 Å². The summed E-state index contributed by atoms with van der Waals surface area (Å²) in [5.41, 5.74) is 1.16. The molecule has 1 aromatic rings. The van der Waals surface area contributed by atoms with E-state index in [1.807, 2.05) is 0 Å². The number of amides is 2. The fourth-order valence-corrected chi connectivity index (χ4v) is 1.80. The summed E-state index contributed by atoms with van der Waals surface area (Å²) in [6, 6.07) is 6.92. The average Bonchev–Trinajstić information content (AvgIpc) is 2.52. The van der Waals surface area contributed by atoms with Crippen molar-refractivity contribution in [2.75, 3.05) is 38.7 Å². The Labute approximate surface area is 131 Å². The van der Waals surface area contributed by atoms with E-state index in [2.05, 4.69) is 22.9 Å². The number of unbranched alkanes of at least 4 members (excludes halogenated alkanes) is 1. The van der Waals surface area contributed by atoms with E-state index in [-0.39, 0.29) is 18.4 Å². The van der Waals surface area contributed by atoms with Crippen LogP contribution in [-0.4, -0.2) is 45.2 Å². The standard InChI is InChI=1S/C16H25N3O3/c1-3-4-8-18-16(21)13-6-5-7-14(11-13)19-15(20)12-17-9-10-22-2/h5-7,11,17H,3-4,8-10,12H2,1-2H3,(H,18,21)(H,19,20). The molecule has 0 saturated carbocycles. The smallest absolute Gasteiger partial charge is 0.251 e. The number of hydrogen-bond donors (Lipinski definition) is 3. The Kier molecular flexibility index (Phi) is 8.86. The molecule has 0 atom stereocenters. The molecule has 0 aliphatic carbocycles. The van der Waals surface area contributed by atoms with Gasteiger partial charge in [0.25, 0.3) is 5.91 Å². The molecule has 1 aromatic carbocycles. The highest BCUT2D eigenvalue weighted by atomic mass is 16.5. The number of anilines is 1. The summed E-state index contributed by atoms with van der Waals surface area (Å²) in [5.74, 6) is -0.276. The van der Waals surface area contributed by atoms with Crippen molar-refractivity contribution in [2.45, 2.75) is 19.8 Å². The maximum atomic E-state index is 12.0. The van der Waals surface area contributed by atoms with Crippen LogP contribution in [0.5, 0.6) is 0 Å². The maximum Gasteiger partial charge on any atom is 0.251 e. The maximum absolute atomic E-state index is 12.0. The van der Waals surface area contributed by atoms with E-state index in [1.165, 1.54) is 0 Å². The third-order valence-electron chi connectivity index (χ3n) is 2.99. The van der Waals surface area contributed by atoms with Crippen LogP contribution >= 0.6 is 0 Å². The number of hydrogen-bond acceptors (Lipinski definition) is 4. The van der Waals surface area contributed by atoms with Gasteiger partial charge in [-0.25, -0.2) is 0 Å². The molecule has 0 saturated heterocycles. The molecule has 0 unspecified atom stereocenters. The van der Waals surface area contributed by atoms with Crippen molar-refractivity contribution in [1.29, 1.82) is 0 Å². The average molecular weight is 307 g/mol. The molecule has 2 amide bonds. The zero-order valence-electron chi connectivity index (χ0n) is 13.3. The fourth-order valence-electron chi connectivity index (χ4n) is 1.80. The van der Waals surface area contributed by atoms with Crippen LogP contribution in [0.4, 0.5) is 5.69 Å². The van der Waals surface area contributed by atoms with Gasteiger partial charge in [0.15, 0.2) is 0 Å². The highest BCUT2D eigenvalue weighted by molar-refractivity contribution is 5.97. The van der Waals surface area contributed by atoms with E-state index in [0.717, 1.165) is 12.8 Å². The summed E-state index contributed by atoms with van der Waals surface area (Å²) < 4.78 is 4.89. The van der Waals surface area contributed by atoms with Gasteiger partial charge in [-0.1, -0.05) is 19.4 Å². The molecule has 3 N–H and O–H groups in total. The Bertz CT molecular complexity index is 477. The SMILES string of the molecule is CCCCNC(=O)c1cccc(NC(=O)CNCCOC)c1. The molecular formula is C16H25N3O3. The van der Waals surface area contributed by atoms with Gasteiger partial charge in [0.2, 0.25) is 5.91 Å². The van der Waals surface area contributed by atoms with Gasteiger partial charge in [-0.2, -0.15) is 0 Å². The molecule has 122 valence electrons. The Balaban J connectivity index is 2.46. The van der Waals surface area contributed by atoms with Gasteiger partial charge in [-0.15, -0.1) is 0 Å². The van der Waals surface area contributed by atoms with E-state index >= 15 is 0 Å². The molecule has 6 nitrogen and oxygen atoms in total. The second kappa shape index (κ2) is 10.8. The lowest BCUT2D eigenvalue weighted by atomic mass is 10.2. The van der Waals surface area contributed by atoms with E-state index in [0.29, 0.717) is 30.9 Å². The molecule has 0 spiro atoms. The Morgan fingerprint density at radius 3 is 2.77 bits per heavy atom. The van der Waals surface area contributed by atoms with Crippen molar-refractivity contribution < 1.29 is 14.3 Å². The Morgan fingerprint density at radius 2 is 2.05 bits per heavy atom. The molecule has 0 aliphatic rings. The van der Waals surface area contributed by atoms with Crippen molar-refractivity contribution in [3.05, 3.63) is 29.8 Å². The van der Waals surface area contributed by atoms with Crippen LogP contribution in [0.2, 0.25) is 0 Å². The predicted molar refractivity (Wildman–Crippen MR) is 87.1 cm³/mol. The van der Waals surface area contributed by atoms with Gasteiger partial charge in [0.05, 0.1) is 13.2 Å². The summed E-state index contributed by atoms with van der Waals surface area (Å²) in [6.45, 7) is 4.11. The second-order valence-electron chi connectivity index (χ2n) is 4.91. The van der Waals surface area contributed by atoms with Crippen molar-refractivity contribution in [1.82, 2.24) is 10.6 Å². The molecule has 0 aliphatic heterocycles. The Morgan fingerprint density at radius 1 is 1.23 bits per heavy atom. The number of methoxy groups -OCH3 is 1. The lowest BCUT2D eigenvalue weighted by molar-refractivity contribution is -0.115. The summed E-state index contributed by atoms with van der Waals surface area (Å²) in [6.07, 6.45) is 1.99. The predicted octanol–water partition coefficient (Wildman–Crippen LogP) is 1.39. The van der Waals surface area contributed by atoms with E-state index in [9.17, 15) is 9.59 Å². The van der Waals surface area contributed by atoms with Crippen LogP contribution in [-0.2, 0) is 9.53 Å². The van der Waals surface area contributed by atoms with Gasteiger partial charge in [0.1, 0.15) is 0 Å². The van der Waals surface area contributed by atoms with Crippen LogP contribution in [0.1, 0.15) is 30.1 Å². The van der Waals surface area contributed by atoms with Gasteiger partial charge in [-0.05, 0) is 24.6 Å². The quantitative estimate of drug-likeness (QED) is 0.571. The van der Waals surface area contributed by atoms with Crippen molar-refractivity contribution in [3.8, 4) is 0 Å². The minimum atomic E-state index is -0.153. The van der Waals surface area contributed by atoms with Gasteiger partial charge in [0, 0.05) is 31.5 Å². The lowest BCUT2D eigenvalue weighted by Crippen LogP contribution is -2.30. The zero-order valence-corrected chi connectivity index (χ0v) is 13.3. The first-order valence-corrected chi connectivity index (χ1v) is 7.55. The number of rotatable bonds is 10. The number of benzene rings is 1. The monoisotopic (exact) mass is 307 g/mol. The van der Waals surface area contributed by atoms with Crippen molar-refractivity contribution >= 4 is 17.5 Å². The molecule has 22 heavy (non-hydrogen) atoms. The topological polar surface area (TPSA) is 79.5 Å². The highest BCUT2D eigenvalue weighted by Crippen LogP contribution is 2.10. The number of ether oxygens (including phenoxy) is 1. The molecule has 0 fully saturated rings. The van der Waals surface area contributed by atoms with Crippen LogP contribution in [0.15, 0.2) is 24.3 Å². The number of carbonyl (C=O) groups excluding carboxylic acids is 2. The fraction of sp³-hybridized carbons (Fsp3) is 0.500. The molecule has 0 radical (unpaired) electrons.